The lowest BCUT2D eigenvalue weighted by Gasteiger charge is -2.08. The number of nitrogens with one attached hydrogen (secondary N) is 1. The number of hydrogen-bond donors (Lipinski definition) is 1. The van der Waals surface area contributed by atoms with E-state index < -0.39 is 0 Å². The minimum atomic E-state index is -0.151. The van der Waals surface area contributed by atoms with Crippen LogP contribution in [0.3, 0.4) is 0 Å². The van der Waals surface area contributed by atoms with Crippen LogP contribution in [0.15, 0.2) is 18.2 Å². The Balaban J connectivity index is 2.34. The van der Waals surface area contributed by atoms with Crippen LogP contribution in [0.2, 0.25) is 0 Å². The summed E-state index contributed by atoms with van der Waals surface area (Å²) in [7, 11) is 0. The first-order valence-electron chi connectivity index (χ1n) is 5.59. The van der Waals surface area contributed by atoms with Crippen molar-refractivity contribution in [2.24, 2.45) is 0 Å². The number of anilines is 1. The third-order valence-corrected chi connectivity index (χ3v) is 2.20. The Hall–Kier alpha value is -1.51. The molecule has 0 spiro atoms. The smallest absolute Gasteiger partial charge is 0.305 e. The van der Waals surface area contributed by atoms with Gasteiger partial charge in [0, 0.05) is 18.7 Å². The van der Waals surface area contributed by atoms with Crippen molar-refractivity contribution in [3.8, 4) is 0 Å². The molecule has 0 saturated carbocycles. The molecule has 0 aliphatic rings. The van der Waals surface area contributed by atoms with Crippen molar-refractivity contribution in [1.29, 1.82) is 0 Å². The van der Waals surface area contributed by atoms with Crippen molar-refractivity contribution in [2.45, 2.75) is 27.2 Å². The van der Waals surface area contributed by atoms with E-state index in [0.717, 1.165) is 5.69 Å². The molecule has 0 amide bonds. The summed E-state index contributed by atoms with van der Waals surface area (Å²) in [6.45, 7) is 6.98. The van der Waals surface area contributed by atoms with Crippen molar-refractivity contribution < 1.29 is 9.53 Å². The first-order chi connectivity index (χ1) is 7.61. The first-order valence-corrected chi connectivity index (χ1v) is 5.59. The van der Waals surface area contributed by atoms with Crippen molar-refractivity contribution in [1.82, 2.24) is 0 Å². The standard InChI is InChI=1S/C13H19NO2/c1-4-13(15)16-6-5-14-12-8-10(2)7-11(3)9-12/h7-9,14H,4-6H2,1-3H3. The highest BCUT2D eigenvalue weighted by molar-refractivity contribution is 5.68. The van der Waals surface area contributed by atoms with E-state index >= 15 is 0 Å². The SMILES string of the molecule is CCC(=O)OCCNc1cc(C)cc(C)c1. The van der Waals surface area contributed by atoms with Gasteiger partial charge in [0.25, 0.3) is 0 Å². The quantitative estimate of drug-likeness (QED) is 0.613. The van der Waals surface area contributed by atoms with Crippen LogP contribution in [0, 0.1) is 13.8 Å². The van der Waals surface area contributed by atoms with Gasteiger partial charge in [0.15, 0.2) is 0 Å². The van der Waals surface area contributed by atoms with Gasteiger partial charge in [-0.1, -0.05) is 13.0 Å². The summed E-state index contributed by atoms with van der Waals surface area (Å²) in [4.78, 5) is 10.9. The number of carbonyl (C=O) groups excluding carboxylic acids is 1. The summed E-state index contributed by atoms with van der Waals surface area (Å²) in [6.07, 6.45) is 0.434. The second kappa shape index (κ2) is 6.16. The van der Waals surface area contributed by atoms with Gasteiger partial charge in [-0.25, -0.2) is 0 Å². The van der Waals surface area contributed by atoms with Gasteiger partial charge < -0.3 is 10.1 Å². The molecular formula is C13H19NO2. The predicted octanol–water partition coefficient (Wildman–Crippen LogP) is 2.67. The van der Waals surface area contributed by atoms with E-state index in [0.29, 0.717) is 19.6 Å². The largest absolute Gasteiger partial charge is 0.464 e. The van der Waals surface area contributed by atoms with Gasteiger partial charge in [-0.2, -0.15) is 0 Å². The molecule has 0 fully saturated rings. The van der Waals surface area contributed by atoms with Gasteiger partial charge >= 0.3 is 5.97 Å². The van der Waals surface area contributed by atoms with Gasteiger partial charge in [0.1, 0.15) is 6.61 Å². The van der Waals surface area contributed by atoms with Crippen LogP contribution in [-0.4, -0.2) is 19.1 Å². The lowest BCUT2D eigenvalue weighted by Crippen LogP contribution is -2.13. The zero-order valence-corrected chi connectivity index (χ0v) is 10.2. The molecule has 0 saturated heterocycles. The molecular weight excluding hydrogens is 202 g/mol. The number of rotatable bonds is 5. The zero-order chi connectivity index (χ0) is 12.0. The number of ether oxygens (including phenoxy) is 1. The highest BCUT2D eigenvalue weighted by atomic mass is 16.5. The lowest BCUT2D eigenvalue weighted by atomic mass is 10.1. The number of aryl methyl sites for hydroxylation is 2. The molecule has 0 heterocycles. The van der Waals surface area contributed by atoms with Gasteiger partial charge in [0.2, 0.25) is 0 Å². The lowest BCUT2D eigenvalue weighted by molar-refractivity contribution is -0.142. The van der Waals surface area contributed by atoms with Crippen LogP contribution in [0.5, 0.6) is 0 Å². The number of esters is 1. The highest BCUT2D eigenvalue weighted by Crippen LogP contribution is 2.13. The summed E-state index contributed by atoms with van der Waals surface area (Å²) in [6, 6.07) is 6.28. The topological polar surface area (TPSA) is 38.3 Å². The second-order valence-corrected chi connectivity index (χ2v) is 3.88. The van der Waals surface area contributed by atoms with Crippen LogP contribution in [-0.2, 0) is 9.53 Å². The van der Waals surface area contributed by atoms with E-state index in [1.807, 2.05) is 0 Å². The van der Waals surface area contributed by atoms with Crippen molar-refractivity contribution in [2.75, 3.05) is 18.5 Å². The maximum Gasteiger partial charge on any atom is 0.305 e. The van der Waals surface area contributed by atoms with Crippen LogP contribution in [0.1, 0.15) is 24.5 Å². The Labute approximate surface area is 96.8 Å². The molecule has 3 nitrogen and oxygen atoms in total. The molecule has 1 aromatic rings. The Bertz CT molecular complexity index is 341. The molecule has 1 N–H and O–H groups in total. The van der Waals surface area contributed by atoms with Crippen molar-refractivity contribution in [3.05, 3.63) is 29.3 Å². The minimum absolute atomic E-state index is 0.151. The molecule has 16 heavy (non-hydrogen) atoms. The normalized spacial score (nSPS) is 9.94. The monoisotopic (exact) mass is 221 g/mol. The molecule has 0 aliphatic carbocycles. The Morgan fingerprint density at radius 2 is 1.88 bits per heavy atom. The first kappa shape index (κ1) is 12.6. The van der Waals surface area contributed by atoms with E-state index in [2.05, 4.69) is 37.4 Å². The van der Waals surface area contributed by atoms with Crippen molar-refractivity contribution in [3.63, 3.8) is 0 Å². The molecule has 0 unspecified atom stereocenters. The van der Waals surface area contributed by atoms with Gasteiger partial charge in [0.05, 0.1) is 0 Å². The molecule has 1 aromatic carbocycles. The van der Waals surface area contributed by atoms with Gasteiger partial charge in [-0.05, 0) is 37.1 Å². The molecule has 1 rings (SSSR count). The summed E-state index contributed by atoms with van der Waals surface area (Å²) >= 11 is 0. The third-order valence-electron chi connectivity index (χ3n) is 2.20. The zero-order valence-electron chi connectivity index (χ0n) is 10.2. The van der Waals surface area contributed by atoms with Gasteiger partial charge in [-0.3, -0.25) is 4.79 Å². The highest BCUT2D eigenvalue weighted by Gasteiger charge is 1.98. The molecule has 0 aromatic heterocycles. The molecule has 0 atom stereocenters. The fourth-order valence-corrected chi connectivity index (χ4v) is 1.54. The van der Waals surface area contributed by atoms with Crippen LogP contribution in [0.4, 0.5) is 5.69 Å². The molecule has 0 bridgehead atoms. The molecule has 88 valence electrons. The van der Waals surface area contributed by atoms with E-state index in [9.17, 15) is 4.79 Å². The molecule has 0 radical (unpaired) electrons. The molecule has 3 heteroatoms. The van der Waals surface area contributed by atoms with Crippen molar-refractivity contribution >= 4 is 11.7 Å². The molecule has 0 aliphatic heterocycles. The summed E-state index contributed by atoms with van der Waals surface area (Å²) < 4.78 is 4.97. The number of hydrogen-bond acceptors (Lipinski definition) is 3. The Morgan fingerprint density at radius 1 is 1.25 bits per heavy atom. The Morgan fingerprint density at radius 3 is 2.44 bits per heavy atom. The van der Waals surface area contributed by atoms with E-state index in [4.69, 9.17) is 4.74 Å². The minimum Gasteiger partial charge on any atom is -0.464 e. The summed E-state index contributed by atoms with van der Waals surface area (Å²) in [5, 5.41) is 3.23. The predicted molar refractivity (Wildman–Crippen MR) is 65.7 cm³/mol. The number of benzene rings is 1. The van der Waals surface area contributed by atoms with Crippen LogP contribution >= 0.6 is 0 Å². The Kier molecular flexibility index (Phi) is 4.83. The summed E-state index contributed by atoms with van der Waals surface area (Å²) in [5.41, 5.74) is 3.53. The third kappa shape index (κ3) is 4.34. The fourth-order valence-electron chi connectivity index (χ4n) is 1.54. The average molecular weight is 221 g/mol. The van der Waals surface area contributed by atoms with Crippen LogP contribution in [0.25, 0.3) is 0 Å². The van der Waals surface area contributed by atoms with E-state index in [-0.39, 0.29) is 5.97 Å². The van der Waals surface area contributed by atoms with E-state index in [1.54, 1.807) is 6.92 Å². The fraction of sp³-hybridized carbons (Fsp3) is 0.462. The second-order valence-electron chi connectivity index (χ2n) is 3.88. The van der Waals surface area contributed by atoms with Crippen LogP contribution < -0.4 is 5.32 Å². The maximum absolute atomic E-state index is 10.9. The average Bonchev–Trinajstić information content (AvgIpc) is 2.22. The summed E-state index contributed by atoms with van der Waals surface area (Å²) in [5.74, 6) is -0.151. The maximum atomic E-state index is 10.9. The van der Waals surface area contributed by atoms with Gasteiger partial charge in [-0.15, -0.1) is 0 Å². The van der Waals surface area contributed by atoms with E-state index in [1.165, 1.54) is 11.1 Å². The number of carbonyl (C=O) groups is 1.